The number of carbonyl (C=O) groups is 1. The van der Waals surface area contributed by atoms with E-state index in [1.54, 1.807) is 12.1 Å². The van der Waals surface area contributed by atoms with E-state index in [9.17, 15) is 9.18 Å². The van der Waals surface area contributed by atoms with Crippen LogP contribution in [0.2, 0.25) is 0 Å². The smallest absolute Gasteiger partial charge is 0.435 e. The topological polar surface area (TPSA) is 26.3 Å². The van der Waals surface area contributed by atoms with Crippen molar-refractivity contribution in [3.63, 3.8) is 0 Å². The van der Waals surface area contributed by atoms with Crippen molar-refractivity contribution >= 4 is 6.22 Å². The Kier molecular flexibility index (Phi) is 6.37. The summed E-state index contributed by atoms with van der Waals surface area (Å²) in [4.78, 5) is 9.80. The van der Waals surface area contributed by atoms with Crippen molar-refractivity contribution in [2.75, 3.05) is 0 Å². The summed E-state index contributed by atoms with van der Waals surface area (Å²) in [6, 6.07) is 7.33. The summed E-state index contributed by atoms with van der Waals surface area (Å²) in [6.07, 6.45) is -1.74. The SMILES string of the molecule is CC.Cc1ccc(COC(=O)F)cc1. The van der Waals surface area contributed by atoms with Gasteiger partial charge in [0.25, 0.3) is 0 Å². The molecule has 0 radical (unpaired) electrons. The molecule has 0 aliphatic carbocycles. The van der Waals surface area contributed by atoms with Gasteiger partial charge >= 0.3 is 6.22 Å². The van der Waals surface area contributed by atoms with E-state index in [-0.39, 0.29) is 6.61 Å². The zero-order valence-corrected chi connectivity index (χ0v) is 8.71. The quantitative estimate of drug-likeness (QED) is 0.678. The van der Waals surface area contributed by atoms with Crippen LogP contribution < -0.4 is 0 Å². The standard InChI is InChI=1S/C9H9FO2.C2H6/c1-7-2-4-8(5-3-7)6-12-9(10)11;1-2/h2-5H,6H2,1H3;1-2H3. The van der Waals surface area contributed by atoms with Gasteiger partial charge in [0.2, 0.25) is 0 Å². The van der Waals surface area contributed by atoms with Gasteiger partial charge in [-0.15, -0.1) is 4.39 Å². The Labute approximate surface area is 83.7 Å². The third-order valence-electron chi connectivity index (χ3n) is 1.47. The highest BCUT2D eigenvalue weighted by Crippen LogP contribution is 2.04. The van der Waals surface area contributed by atoms with Gasteiger partial charge in [0.15, 0.2) is 0 Å². The molecule has 14 heavy (non-hydrogen) atoms. The van der Waals surface area contributed by atoms with Crippen LogP contribution in [0.15, 0.2) is 24.3 Å². The van der Waals surface area contributed by atoms with E-state index in [0.717, 1.165) is 11.1 Å². The third-order valence-corrected chi connectivity index (χ3v) is 1.47. The number of rotatable bonds is 2. The number of halogens is 1. The molecular formula is C11H15FO2. The second-order valence-electron chi connectivity index (χ2n) is 2.51. The number of hydrogen-bond donors (Lipinski definition) is 0. The fourth-order valence-electron chi connectivity index (χ4n) is 0.824. The first kappa shape index (κ1) is 12.6. The van der Waals surface area contributed by atoms with Gasteiger partial charge in [0.05, 0.1) is 0 Å². The number of benzene rings is 1. The number of carbonyl (C=O) groups excluding carboxylic acids is 1. The van der Waals surface area contributed by atoms with Crippen LogP contribution in [0.3, 0.4) is 0 Å². The summed E-state index contributed by atoms with van der Waals surface area (Å²) in [5, 5.41) is 0. The van der Waals surface area contributed by atoms with Crippen molar-refractivity contribution in [1.82, 2.24) is 0 Å². The van der Waals surface area contributed by atoms with Crippen molar-refractivity contribution < 1.29 is 13.9 Å². The summed E-state index contributed by atoms with van der Waals surface area (Å²) < 4.78 is 15.8. The Hall–Kier alpha value is -1.38. The van der Waals surface area contributed by atoms with E-state index >= 15 is 0 Å². The first-order valence-electron chi connectivity index (χ1n) is 4.56. The summed E-state index contributed by atoms with van der Waals surface area (Å²) in [7, 11) is 0. The molecule has 0 unspecified atom stereocenters. The highest BCUT2D eigenvalue weighted by molar-refractivity contribution is 5.57. The predicted octanol–water partition coefficient (Wildman–Crippen LogP) is 3.63. The van der Waals surface area contributed by atoms with E-state index < -0.39 is 6.22 Å². The molecule has 1 aromatic rings. The summed E-state index contributed by atoms with van der Waals surface area (Å²) in [5.41, 5.74) is 1.90. The molecule has 0 atom stereocenters. The molecule has 0 heterocycles. The number of aryl methyl sites for hydroxylation is 1. The molecule has 0 aliphatic heterocycles. The third kappa shape index (κ3) is 5.30. The minimum Gasteiger partial charge on any atom is -0.435 e. The zero-order chi connectivity index (χ0) is 11.0. The molecule has 0 amide bonds. The second kappa shape index (κ2) is 7.06. The van der Waals surface area contributed by atoms with Gasteiger partial charge in [-0.2, -0.15) is 0 Å². The first-order valence-corrected chi connectivity index (χ1v) is 4.56. The maximum absolute atomic E-state index is 11.6. The highest BCUT2D eigenvalue weighted by atomic mass is 19.1. The molecule has 3 heteroatoms. The van der Waals surface area contributed by atoms with Crippen LogP contribution in [-0.2, 0) is 11.3 Å². The molecule has 0 saturated heterocycles. The van der Waals surface area contributed by atoms with Gasteiger partial charge in [-0.05, 0) is 12.5 Å². The minimum absolute atomic E-state index is 0.00435. The Bertz CT molecular complexity index is 267. The fraction of sp³-hybridized carbons (Fsp3) is 0.364. The summed E-state index contributed by atoms with van der Waals surface area (Å²) in [5.74, 6) is 0. The van der Waals surface area contributed by atoms with Crippen molar-refractivity contribution in [3.05, 3.63) is 35.4 Å². The van der Waals surface area contributed by atoms with Gasteiger partial charge in [0, 0.05) is 0 Å². The van der Waals surface area contributed by atoms with Gasteiger partial charge in [-0.1, -0.05) is 43.7 Å². The lowest BCUT2D eigenvalue weighted by molar-refractivity contribution is 0.114. The number of ether oxygens (including phenoxy) is 1. The molecule has 0 aliphatic rings. The molecule has 1 rings (SSSR count). The molecule has 2 nitrogen and oxygen atoms in total. The Morgan fingerprint density at radius 3 is 2.21 bits per heavy atom. The minimum atomic E-state index is -1.74. The number of hydrogen-bond acceptors (Lipinski definition) is 2. The van der Waals surface area contributed by atoms with Gasteiger partial charge in [-0.25, -0.2) is 4.79 Å². The lowest BCUT2D eigenvalue weighted by Gasteiger charge is -1.99. The van der Waals surface area contributed by atoms with Gasteiger partial charge in [-0.3, -0.25) is 0 Å². The van der Waals surface area contributed by atoms with E-state index in [0.29, 0.717) is 0 Å². The average Bonchev–Trinajstić information content (AvgIpc) is 2.20. The van der Waals surface area contributed by atoms with E-state index in [4.69, 9.17) is 0 Å². The van der Waals surface area contributed by atoms with Gasteiger partial charge in [0.1, 0.15) is 6.61 Å². The highest BCUT2D eigenvalue weighted by Gasteiger charge is 1.98. The van der Waals surface area contributed by atoms with Crippen LogP contribution in [0.1, 0.15) is 25.0 Å². The molecule has 0 bridgehead atoms. The monoisotopic (exact) mass is 198 g/mol. The van der Waals surface area contributed by atoms with Crippen molar-refractivity contribution in [2.24, 2.45) is 0 Å². The van der Waals surface area contributed by atoms with Crippen LogP contribution in [0.5, 0.6) is 0 Å². The average molecular weight is 198 g/mol. The molecule has 1 aromatic carbocycles. The van der Waals surface area contributed by atoms with Crippen molar-refractivity contribution in [3.8, 4) is 0 Å². The van der Waals surface area contributed by atoms with Crippen LogP contribution in [0.25, 0.3) is 0 Å². The fourth-order valence-corrected chi connectivity index (χ4v) is 0.824. The molecule has 0 spiro atoms. The molecule has 78 valence electrons. The lowest BCUT2D eigenvalue weighted by Crippen LogP contribution is -1.95. The second-order valence-corrected chi connectivity index (χ2v) is 2.51. The maximum Gasteiger partial charge on any atom is 0.495 e. The van der Waals surface area contributed by atoms with Crippen LogP contribution in [0.4, 0.5) is 9.18 Å². The van der Waals surface area contributed by atoms with Gasteiger partial charge < -0.3 is 4.74 Å². The van der Waals surface area contributed by atoms with E-state index in [2.05, 4.69) is 4.74 Å². The van der Waals surface area contributed by atoms with Crippen molar-refractivity contribution in [2.45, 2.75) is 27.4 Å². The first-order chi connectivity index (χ1) is 6.68. The largest absolute Gasteiger partial charge is 0.495 e. The molecule has 0 N–H and O–H groups in total. The van der Waals surface area contributed by atoms with Crippen molar-refractivity contribution in [1.29, 1.82) is 0 Å². The summed E-state index contributed by atoms with van der Waals surface area (Å²) in [6.45, 7) is 5.94. The van der Waals surface area contributed by atoms with Crippen LogP contribution in [-0.4, -0.2) is 6.22 Å². The Morgan fingerprint density at radius 1 is 1.29 bits per heavy atom. The molecule has 0 fully saturated rings. The molecular weight excluding hydrogens is 183 g/mol. The maximum atomic E-state index is 11.6. The Morgan fingerprint density at radius 2 is 1.79 bits per heavy atom. The predicted molar refractivity (Wildman–Crippen MR) is 53.8 cm³/mol. The van der Waals surface area contributed by atoms with E-state index in [1.165, 1.54) is 0 Å². The molecule has 0 aromatic heterocycles. The molecule has 0 saturated carbocycles. The van der Waals surface area contributed by atoms with E-state index in [1.807, 2.05) is 32.9 Å². The lowest BCUT2D eigenvalue weighted by atomic mass is 10.2. The van der Waals surface area contributed by atoms with Crippen LogP contribution >= 0.6 is 0 Å². The normalized spacial score (nSPS) is 8.57. The Balaban J connectivity index is 0.000000791. The van der Waals surface area contributed by atoms with Crippen LogP contribution in [0, 0.1) is 6.92 Å². The summed E-state index contributed by atoms with van der Waals surface area (Å²) >= 11 is 0. The zero-order valence-electron chi connectivity index (χ0n) is 8.71.